The lowest BCUT2D eigenvalue weighted by Gasteiger charge is -2.39. The Morgan fingerprint density at radius 2 is 2.04 bits per heavy atom. The maximum absolute atomic E-state index is 13.2. The van der Waals surface area contributed by atoms with Crippen LogP contribution < -0.4 is 0 Å². The number of ether oxygens (including phenoxy) is 2. The molecule has 0 unspecified atom stereocenters. The molecule has 0 aliphatic carbocycles. The van der Waals surface area contributed by atoms with Crippen molar-refractivity contribution < 1.29 is 14.3 Å². The summed E-state index contributed by atoms with van der Waals surface area (Å²) in [5.41, 5.74) is 0.722. The first-order valence-electron chi connectivity index (χ1n) is 9.18. The van der Waals surface area contributed by atoms with E-state index in [0.717, 1.165) is 17.9 Å². The second-order valence-corrected chi connectivity index (χ2v) is 7.55. The van der Waals surface area contributed by atoms with Gasteiger partial charge in [0.25, 0.3) is 0 Å². The molecule has 2 aromatic rings. The van der Waals surface area contributed by atoms with Crippen LogP contribution in [-0.2, 0) is 14.3 Å². The number of aromatic nitrogens is 2. The van der Waals surface area contributed by atoms with E-state index in [4.69, 9.17) is 9.47 Å². The average Bonchev–Trinajstić information content (AvgIpc) is 3.29. The van der Waals surface area contributed by atoms with Crippen LogP contribution in [0.25, 0.3) is 5.69 Å². The molecule has 138 valence electrons. The molecule has 1 aromatic carbocycles. The van der Waals surface area contributed by atoms with Crippen molar-refractivity contribution in [1.82, 2.24) is 14.5 Å². The van der Waals surface area contributed by atoms with Gasteiger partial charge in [-0.25, -0.2) is 4.98 Å². The SMILES string of the molecule is CC1(C)CN(C(=O)[C@@H]2CCO[C@H]2c2nccn2-c2ccccc2)CCO1. The number of amides is 1. The number of hydrogen-bond acceptors (Lipinski definition) is 4. The molecule has 2 atom stereocenters. The number of morpholine rings is 1. The summed E-state index contributed by atoms with van der Waals surface area (Å²) in [7, 11) is 0. The molecule has 1 aromatic heterocycles. The molecule has 0 spiro atoms. The zero-order valence-corrected chi connectivity index (χ0v) is 15.3. The van der Waals surface area contributed by atoms with Crippen molar-refractivity contribution in [2.24, 2.45) is 5.92 Å². The zero-order valence-electron chi connectivity index (χ0n) is 15.3. The molecule has 0 N–H and O–H groups in total. The average molecular weight is 355 g/mol. The van der Waals surface area contributed by atoms with E-state index < -0.39 is 0 Å². The van der Waals surface area contributed by atoms with Crippen LogP contribution in [0.4, 0.5) is 0 Å². The number of para-hydroxylation sites is 1. The Hall–Kier alpha value is -2.18. The Morgan fingerprint density at radius 3 is 2.81 bits per heavy atom. The number of benzene rings is 1. The standard InChI is InChI=1S/C20H25N3O3/c1-20(2)14-22(11-13-26-20)19(24)16-8-12-25-17(16)18-21-9-10-23(18)15-6-4-3-5-7-15/h3-7,9-10,16-17H,8,11-14H2,1-2H3/t16-,17-/m1/s1. The summed E-state index contributed by atoms with van der Waals surface area (Å²) in [5, 5.41) is 0. The summed E-state index contributed by atoms with van der Waals surface area (Å²) in [6.45, 7) is 6.46. The molecule has 2 aliphatic heterocycles. The van der Waals surface area contributed by atoms with Gasteiger partial charge < -0.3 is 18.9 Å². The van der Waals surface area contributed by atoms with E-state index in [-0.39, 0.29) is 23.5 Å². The van der Waals surface area contributed by atoms with Crippen molar-refractivity contribution in [3.63, 3.8) is 0 Å². The lowest BCUT2D eigenvalue weighted by molar-refractivity contribution is -0.152. The van der Waals surface area contributed by atoms with E-state index >= 15 is 0 Å². The molecule has 6 nitrogen and oxygen atoms in total. The van der Waals surface area contributed by atoms with E-state index in [1.54, 1.807) is 6.20 Å². The highest BCUT2D eigenvalue weighted by Gasteiger charge is 2.42. The molecular weight excluding hydrogens is 330 g/mol. The lowest BCUT2D eigenvalue weighted by atomic mass is 9.97. The van der Waals surface area contributed by atoms with Gasteiger partial charge >= 0.3 is 0 Å². The third-order valence-electron chi connectivity index (χ3n) is 5.10. The van der Waals surface area contributed by atoms with Gasteiger partial charge in [-0.15, -0.1) is 0 Å². The van der Waals surface area contributed by atoms with Crippen LogP contribution in [0.5, 0.6) is 0 Å². The predicted octanol–water partition coefficient (Wildman–Crippen LogP) is 2.59. The van der Waals surface area contributed by atoms with Gasteiger partial charge in [0.1, 0.15) is 11.9 Å². The minimum atomic E-state index is -0.316. The Morgan fingerprint density at radius 1 is 1.23 bits per heavy atom. The Bertz CT molecular complexity index is 772. The number of carbonyl (C=O) groups excluding carboxylic acids is 1. The second kappa shape index (κ2) is 6.85. The summed E-state index contributed by atoms with van der Waals surface area (Å²) in [6, 6.07) is 10.0. The molecule has 2 aliphatic rings. The van der Waals surface area contributed by atoms with Gasteiger partial charge in [-0.2, -0.15) is 0 Å². The van der Waals surface area contributed by atoms with Crippen LogP contribution in [0.15, 0.2) is 42.7 Å². The third kappa shape index (κ3) is 3.27. The van der Waals surface area contributed by atoms with E-state index in [1.807, 2.05) is 59.8 Å². The fourth-order valence-electron chi connectivity index (χ4n) is 3.87. The van der Waals surface area contributed by atoms with Crippen molar-refractivity contribution in [3.05, 3.63) is 48.5 Å². The number of carbonyl (C=O) groups is 1. The molecule has 3 heterocycles. The minimum absolute atomic E-state index is 0.145. The smallest absolute Gasteiger partial charge is 0.229 e. The predicted molar refractivity (Wildman–Crippen MR) is 97.0 cm³/mol. The van der Waals surface area contributed by atoms with Crippen LogP contribution in [0.2, 0.25) is 0 Å². The van der Waals surface area contributed by atoms with Gasteiger partial charge in [-0.1, -0.05) is 18.2 Å². The summed E-state index contributed by atoms with van der Waals surface area (Å²) in [5.74, 6) is 0.736. The third-order valence-corrected chi connectivity index (χ3v) is 5.10. The normalized spacial score (nSPS) is 25.4. The molecule has 0 radical (unpaired) electrons. The lowest BCUT2D eigenvalue weighted by Crippen LogP contribution is -2.52. The van der Waals surface area contributed by atoms with Crippen molar-refractivity contribution in [2.75, 3.05) is 26.3 Å². The quantitative estimate of drug-likeness (QED) is 0.849. The van der Waals surface area contributed by atoms with Gasteiger partial charge in [0.05, 0.1) is 18.1 Å². The number of rotatable bonds is 3. The molecule has 6 heteroatoms. The van der Waals surface area contributed by atoms with Crippen molar-refractivity contribution >= 4 is 5.91 Å². The summed E-state index contributed by atoms with van der Waals surface area (Å²) >= 11 is 0. The molecule has 2 fully saturated rings. The largest absolute Gasteiger partial charge is 0.372 e. The topological polar surface area (TPSA) is 56.6 Å². The number of imidazole rings is 1. The molecule has 26 heavy (non-hydrogen) atoms. The van der Waals surface area contributed by atoms with E-state index in [0.29, 0.717) is 26.3 Å². The summed E-state index contributed by atoms with van der Waals surface area (Å²) in [4.78, 5) is 19.6. The second-order valence-electron chi connectivity index (χ2n) is 7.55. The Kier molecular flexibility index (Phi) is 4.54. The maximum Gasteiger partial charge on any atom is 0.229 e. The summed E-state index contributed by atoms with van der Waals surface area (Å²) in [6.07, 6.45) is 4.10. The molecule has 2 saturated heterocycles. The molecule has 1 amide bonds. The Labute approximate surface area is 153 Å². The highest BCUT2D eigenvalue weighted by atomic mass is 16.5. The van der Waals surface area contributed by atoms with Gasteiger partial charge in [0.15, 0.2) is 0 Å². The number of hydrogen-bond donors (Lipinski definition) is 0. The van der Waals surface area contributed by atoms with Crippen LogP contribution >= 0.6 is 0 Å². The first-order chi connectivity index (χ1) is 12.6. The van der Waals surface area contributed by atoms with E-state index in [1.165, 1.54) is 0 Å². The van der Waals surface area contributed by atoms with Gasteiger partial charge in [0, 0.05) is 37.8 Å². The van der Waals surface area contributed by atoms with Crippen molar-refractivity contribution in [2.45, 2.75) is 32.0 Å². The fourth-order valence-corrected chi connectivity index (χ4v) is 3.87. The van der Waals surface area contributed by atoms with Crippen LogP contribution in [0, 0.1) is 5.92 Å². The zero-order chi connectivity index (χ0) is 18.1. The fraction of sp³-hybridized carbons (Fsp3) is 0.500. The summed E-state index contributed by atoms with van der Waals surface area (Å²) < 4.78 is 13.7. The van der Waals surface area contributed by atoms with Gasteiger partial charge in [-0.3, -0.25) is 4.79 Å². The van der Waals surface area contributed by atoms with E-state index in [2.05, 4.69) is 4.98 Å². The van der Waals surface area contributed by atoms with Crippen LogP contribution in [-0.4, -0.2) is 52.3 Å². The van der Waals surface area contributed by atoms with Crippen LogP contribution in [0.1, 0.15) is 32.2 Å². The van der Waals surface area contributed by atoms with Crippen molar-refractivity contribution in [1.29, 1.82) is 0 Å². The highest BCUT2D eigenvalue weighted by molar-refractivity contribution is 5.80. The van der Waals surface area contributed by atoms with Crippen molar-refractivity contribution in [3.8, 4) is 5.69 Å². The first kappa shape index (κ1) is 17.2. The number of nitrogens with zero attached hydrogens (tertiary/aromatic N) is 3. The van der Waals surface area contributed by atoms with Gasteiger partial charge in [0.2, 0.25) is 5.91 Å². The highest BCUT2D eigenvalue weighted by Crippen LogP contribution is 2.36. The van der Waals surface area contributed by atoms with Gasteiger partial charge in [-0.05, 0) is 32.4 Å². The van der Waals surface area contributed by atoms with Crippen LogP contribution in [0.3, 0.4) is 0 Å². The minimum Gasteiger partial charge on any atom is -0.372 e. The molecule has 0 saturated carbocycles. The molecular formula is C20H25N3O3. The molecule has 4 rings (SSSR count). The van der Waals surface area contributed by atoms with E-state index in [9.17, 15) is 4.79 Å². The first-order valence-corrected chi connectivity index (χ1v) is 9.18. The Balaban J connectivity index is 1.58. The monoisotopic (exact) mass is 355 g/mol. The molecule has 0 bridgehead atoms. The maximum atomic E-state index is 13.2.